The molecule has 3 aromatic heterocycles. The van der Waals surface area contributed by atoms with Crippen molar-refractivity contribution >= 4 is 123 Å². The van der Waals surface area contributed by atoms with Crippen molar-refractivity contribution in [3.05, 3.63) is 328 Å². The number of benzene rings is 14. The van der Waals surface area contributed by atoms with Crippen molar-refractivity contribution in [1.29, 1.82) is 0 Å². The Morgan fingerprint density at radius 2 is 0.495 bits per heavy atom. The minimum atomic E-state index is -3.13. The molecule has 0 saturated carbocycles. The second-order valence-corrected chi connectivity index (χ2v) is 31.7. The summed E-state index contributed by atoms with van der Waals surface area (Å²) in [6, 6.07) is 121. The predicted octanol–water partition coefficient (Wildman–Crippen LogP) is 16.1. The first-order chi connectivity index (χ1) is 45.1. The third-order valence-electron chi connectivity index (χ3n) is 19.6. The third kappa shape index (κ3) is 7.56. The predicted molar refractivity (Wildman–Crippen MR) is 381 cm³/mol. The van der Waals surface area contributed by atoms with E-state index >= 15 is 0 Å². The Morgan fingerprint density at radius 3 is 0.835 bits per heavy atom. The van der Waals surface area contributed by atoms with Gasteiger partial charge >= 0.3 is 0 Å². The zero-order valence-corrected chi connectivity index (χ0v) is 51.3. The number of aromatic nitrogens is 2. The van der Waals surface area contributed by atoms with E-state index in [1.165, 1.54) is 85.1 Å². The molecule has 7 heteroatoms. The van der Waals surface area contributed by atoms with E-state index in [4.69, 9.17) is 13.9 Å². The van der Waals surface area contributed by atoms with Crippen molar-refractivity contribution < 1.29 is 13.9 Å². The molecule has 0 unspecified atom stereocenters. The molecule has 0 fully saturated rings. The quantitative estimate of drug-likeness (QED) is 0.142. The molecule has 0 amide bonds. The van der Waals surface area contributed by atoms with Gasteiger partial charge in [0.05, 0.1) is 22.1 Å². The number of nitrogens with zero attached hydrogens (tertiary/aromatic N) is 2. The van der Waals surface area contributed by atoms with Crippen LogP contribution in [0.15, 0.2) is 332 Å². The van der Waals surface area contributed by atoms with E-state index in [0.29, 0.717) is 0 Å². The fraction of sp³-hybridized carbons (Fsp3) is 0. The van der Waals surface area contributed by atoms with Crippen LogP contribution < -0.4 is 51.0 Å². The number of rotatable bonds is 8. The lowest BCUT2D eigenvalue weighted by atomic mass is 10.00. The van der Waals surface area contributed by atoms with Crippen LogP contribution in [0.4, 0.5) is 0 Å². The van der Waals surface area contributed by atoms with Crippen molar-refractivity contribution in [2.24, 2.45) is 0 Å². The largest absolute Gasteiger partial charge is 0.458 e. The van der Waals surface area contributed by atoms with Crippen LogP contribution >= 0.6 is 0 Å². The highest BCUT2D eigenvalue weighted by Crippen LogP contribution is 2.41. The van der Waals surface area contributed by atoms with Crippen molar-refractivity contribution in [2.75, 3.05) is 0 Å². The van der Waals surface area contributed by atoms with E-state index in [0.717, 1.165) is 78.6 Å². The zero-order chi connectivity index (χ0) is 59.8. The van der Waals surface area contributed by atoms with Crippen LogP contribution in [0.5, 0.6) is 23.0 Å². The minimum absolute atomic E-state index is 0.843. The van der Waals surface area contributed by atoms with Crippen LogP contribution in [0.25, 0.3) is 99.2 Å². The smallest absolute Gasteiger partial charge is 0.188 e. The minimum Gasteiger partial charge on any atom is -0.458 e. The Balaban J connectivity index is 0.766. The summed E-state index contributed by atoms with van der Waals surface area (Å²) in [5.74, 6) is 3.54. The third-order valence-corrected chi connectivity index (χ3v) is 29.2. The Kier molecular flexibility index (Phi) is 11.3. The highest BCUT2D eigenvalue weighted by atomic mass is 28.3. The lowest BCUT2D eigenvalue weighted by Gasteiger charge is -2.40. The Labute approximate surface area is 527 Å². The normalized spacial score (nSPS) is 13.6. The van der Waals surface area contributed by atoms with Gasteiger partial charge in [0, 0.05) is 43.7 Å². The van der Waals surface area contributed by atoms with Crippen molar-refractivity contribution in [1.82, 2.24) is 9.13 Å². The first kappa shape index (κ1) is 51.5. The SMILES string of the molecule is c1ccc([Si]2(c3ccccc3)c3cc(-c4ccc5oc6ccc(-c7ccc8c(c7)[Si](c7ccccc7)(c7ccccc7)c7cc(-n9c%10ccccc%10c%10ccccc%109)ccc7O8)cc6c5c4)ccc3Oc3ccc(-n4c5ccccc5c5ccccc54)cc32)cc1. The van der Waals surface area contributed by atoms with Crippen LogP contribution in [0, 0.1) is 0 Å². The summed E-state index contributed by atoms with van der Waals surface area (Å²) in [7, 11) is -6.27. The monoisotopic (exact) mass is 1190 g/mol. The van der Waals surface area contributed by atoms with Gasteiger partial charge in [-0.2, -0.15) is 0 Å². The van der Waals surface area contributed by atoms with Crippen molar-refractivity contribution in [3.8, 4) is 56.6 Å². The maximum atomic E-state index is 7.15. The molecular formula is C84H54N2O3Si2. The molecular weight excluding hydrogens is 1140 g/mol. The van der Waals surface area contributed by atoms with Gasteiger partial charge < -0.3 is 23.0 Å². The van der Waals surface area contributed by atoms with E-state index in [1.54, 1.807) is 0 Å². The molecule has 0 atom stereocenters. The molecule has 19 rings (SSSR count). The maximum Gasteiger partial charge on any atom is 0.188 e. The van der Waals surface area contributed by atoms with Gasteiger partial charge in [0.15, 0.2) is 16.1 Å². The van der Waals surface area contributed by atoms with E-state index in [1.807, 2.05) is 0 Å². The number of hydrogen-bond donors (Lipinski definition) is 0. The van der Waals surface area contributed by atoms with Gasteiger partial charge in [-0.25, -0.2) is 0 Å². The molecule has 0 spiro atoms. The Hall–Kier alpha value is -11.5. The fourth-order valence-corrected chi connectivity index (χ4v) is 25.6. The first-order valence-corrected chi connectivity index (χ1v) is 35.2. The fourth-order valence-electron chi connectivity index (χ4n) is 15.7. The van der Waals surface area contributed by atoms with Gasteiger partial charge in [0.25, 0.3) is 0 Å². The van der Waals surface area contributed by atoms with Crippen molar-refractivity contribution in [2.45, 2.75) is 0 Å². The second-order valence-electron chi connectivity index (χ2n) is 24.2. The van der Waals surface area contributed by atoms with Crippen LogP contribution in [0.2, 0.25) is 0 Å². The highest BCUT2D eigenvalue weighted by molar-refractivity contribution is 7.21. The summed E-state index contributed by atoms with van der Waals surface area (Å²) in [6.07, 6.45) is 0. The second kappa shape index (κ2) is 20.0. The molecule has 2 aliphatic heterocycles. The lowest BCUT2D eigenvalue weighted by Crippen LogP contribution is -2.76. The van der Waals surface area contributed by atoms with Gasteiger partial charge in [0.1, 0.15) is 34.2 Å². The summed E-state index contributed by atoms with van der Waals surface area (Å²) >= 11 is 0. The standard InChI is InChI=1S/C84H54N2O3Si2/c1-5-21-61(22-6-1)90(62-23-7-2-8-24-62)81-51-57(39-45-77(81)88-79-47-41-59(53-83(79)90)85-71-33-17-13-29-65(71)66-30-14-18-34-72(66)85)55-37-43-75-69(49-55)70-50-56(38-44-76(70)87-75)58-40-46-78-82(52-58)91(63-25-9-3-10-26-63,64-27-11-4-12-28-64)84-54-60(42-48-80(84)89-78)86-73-35-19-15-31-67(73)68-32-16-20-36-74(68)86/h1-54H. The molecule has 5 nitrogen and oxygen atoms in total. The van der Waals surface area contributed by atoms with Crippen LogP contribution in [0.1, 0.15) is 0 Å². The molecule has 14 aromatic carbocycles. The number of furan rings is 1. The molecule has 0 saturated heterocycles. The molecule has 17 aromatic rings. The first-order valence-electron chi connectivity index (χ1n) is 31.2. The maximum absolute atomic E-state index is 7.15. The van der Waals surface area contributed by atoms with E-state index < -0.39 is 16.1 Å². The van der Waals surface area contributed by atoms with E-state index in [-0.39, 0.29) is 0 Å². The van der Waals surface area contributed by atoms with Crippen molar-refractivity contribution in [3.63, 3.8) is 0 Å². The average molecular weight is 1200 g/mol. The average Bonchev–Trinajstić information content (AvgIpc) is 1.33. The summed E-state index contributed by atoms with van der Waals surface area (Å²) in [5.41, 5.74) is 13.0. The van der Waals surface area contributed by atoms with E-state index in [2.05, 4.69) is 337 Å². The van der Waals surface area contributed by atoms with Gasteiger partial charge in [0.2, 0.25) is 0 Å². The molecule has 426 valence electrons. The molecule has 0 aliphatic carbocycles. The summed E-state index contributed by atoms with van der Waals surface area (Å²) in [4.78, 5) is 0. The molecule has 0 bridgehead atoms. The lowest BCUT2D eigenvalue weighted by molar-refractivity contribution is 0.487. The summed E-state index contributed by atoms with van der Waals surface area (Å²) in [6.45, 7) is 0. The topological polar surface area (TPSA) is 41.5 Å². The van der Waals surface area contributed by atoms with Gasteiger partial charge in [-0.3, -0.25) is 0 Å². The molecule has 0 radical (unpaired) electrons. The zero-order valence-electron chi connectivity index (χ0n) is 49.3. The summed E-state index contributed by atoms with van der Waals surface area (Å²) in [5, 5.41) is 17.1. The van der Waals surface area contributed by atoms with Gasteiger partial charge in [-0.1, -0.05) is 231 Å². The van der Waals surface area contributed by atoms with Gasteiger partial charge in [-0.05, 0) is 161 Å². The van der Waals surface area contributed by atoms with Crippen LogP contribution in [0.3, 0.4) is 0 Å². The molecule has 5 heterocycles. The van der Waals surface area contributed by atoms with Gasteiger partial charge in [-0.15, -0.1) is 0 Å². The summed E-state index contributed by atoms with van der Waals surface area (Å²) < 4.78 is 25.9. The van der Waals surface area contributed by atoms with E-state index in [9.17, 15) is 0 Å². The Morgan fingerprint density at radius 1 is 0.220 bits per heavy atom. The number of ether oxygens (including phenoxy) is 2. The highest BCUT2D eigenvalue weighted by Gasteiger charge is 2.50. The van der Waals surface area contributed by atoms with Crippen LogP contribution in [-0.2, 0) is 0 Å². The number of para-hydroxylation sites is 4. The molecule has 2 aliphatic rings. The number of hydrogen-bond acceptors (Lipinski definition) is 3. The number of fused-ring (bicyclic) bond motifs is 13. The van der Waals surface area contributed by atoms with Crippen LogP contribution in [-0.4, -0.2) is 25.3 Å². The molecule has 0 N–H and O–H groups in total. The Bertz CT molecular complexity index is 5250. The molecule has 91 heavy (non-hydrogen) atoms.